The van der Waals surface area contributed by atoms with E-state index in [4.69, 9.17) is 9.47 Å². The first kappa shape index (κ1) is 13.9. The molecule has 0 spiro atoms. The summed E-state index contributed by atoms with van der Waals surface area (Å²) in [4.78, 5) is 0. The predicted octanol–water partition coefficient (Wildman–Crippen LogP) is 3.23. The van der Waals surface area contributed by atoms with Crippen LogP contribution in [0.4, 0.5) is 0 Å². The van der Waals surface area contributed by atoms with E-state index in [1.807, 2.05) is 0 Å². The molecule has 1 N–H and O–H groups in total. The predicted molar refractivity (Wildman–Crippen MR) is 80.3 cm³/mol. The van der Waals surface area contributed by atoms with Gasteiger partial charge in [-0.15, -0.1) is 0 Å². The van der Waals surface area contributed by atoms with Crippen molar-refractivity contribution >= 4 is 0 Å². The van der Waals surface area contributed by atoms with Crippen LogP contribution in [0.1, 0.15) is 49.8 Å². The molecule has 0 radical (unpaired) electrons. The van der Waals surface area contributed by atoms with Crippen molar-refractivity contribution in [3.8, 4) is 5.75 Å². The van der Waals surface area contributed by atoms with Crippen LogP contribution >= 0.6 is 0 Å². The lowest BCUT2D eigenvalue weighted by Gasteiger charge is -2.20. The van der Waals surface area contributed by atoms with Gasteiger partial charge >= 0.3 is 0 Å². The monoisotopic (exact) mass is 275 g/mol. The van der Waals surface area contributed by atoms with Crippen LogP contribution in [-0.4, -0.2) is 25.9 Å². The molecular formula is C17H25NO2. The minimum absolute atomic E-state index is 0.440. The minimum Gasteiger partial charge on any atom is -0.493 e. The Bertz CT molecular complexity index is 441. The first-order valence-corrected chi connectivity index (χ1v) is 7.97. The normalized spacial score (nSPS) is 22.6. The molecule has 2 unspecified atom stereocenters. The first-order valence-electron chi connectivity index (χ1n) is 7.97. The van der Waals surface area contributed by atoms with Gasteiger partial charge in [0.1, 0.15) is 5.75 Å². The van der Waals surface area contributed by atoms with Crippen LogP contribution in [0.3, 0.4) is 0 Å². The highest BCUT2D eigenvalue weighted by Crippen LogP contribution is 2.30. The number of hydrogen-bond donors (Lipinski definition) is 1. The third-order valence-corrected chi connectivity index (χ3v) is 4.37. The summed E-state index contributed by atoms with van der Waals surface area (Å²) in [6, 6.07) is 7.11. The van der Waals surface area contributed by atoms with Crippen molar-refractivity contribution in [3.63, 3.8) is 0 Å². The summed E-state index contributed by atoms with van der Waals surface area (Å²) in [5.74, 6) is 1.07. The molecule has 3 heteroatoms. The summed E-state index contributed by atoms with van der Waals surface area (Å²) in [5, 5.41) is 3.62. The maximum Gasteiger partial charge on any atom is 0.122 e. The van der Waals surface area contributed by atoms with Crippen LogP contribution in [0.15, 0.2) is 18.2 Å². The molecule has 0 aromatic heterocycles. The van der Waals surface area contributed by atoms with Gasteiger partial charge in [0.25, 0.3) is 0 Å². The zero-order chi connectivity index (χ0) is 13.8. The van der Waals surface area contributed by atoms with Gasteiger partial charge in [0.2, 0.25) is 0 Å². The summed E-state index contributed by atoms with van der Waals surface area (Å²) >= 11 is 0. The topological polar surface area (TPSA) is 30.5 Å². The van der Waals surface area contributed by atoms with Crippen molar-refractivity contribution in [1.82, 2.24) is 5.32 Å². The number of nitrogens with one attached hydrogen (secondary N) is 1. The van der Waals surface area contributed by atoms with E-state index >= 15 is 0 Å². The molecule has 0 aliphatic carbocycles. The molecule has 2 aliphatic rings. The van der Waals surface area contributed by atoms with E-state index in [9.17, 15) is 0 Å². The van der Waals surface area contributed by atoms with Crippen molar-refractivity contribution in [2.45, 2.75) is 51.2 Å². The smallest absolute Gasteiger partial charge is 0.122 e. The molecule has 110 valence electrons. The highest BCUT2D eigenvalue weighted by atomic mass is 16.5. The molecule has 1 saturated heterocycles. The molecule has 1 fully saturated rings. The maximum atomic E-state index is 5.74. The van der Waals surface area contributed by atoms with Gasteiger partial charge in [0.15, 0.2) is 0 Å². The van der Waals surface area contributed by atoms with E-state index in [0.717, 1.165) is 44.8 Å². The Morgan fingerprint density at radius 3 is 3.10 bits per heavy atom. The molecule has 0 amide bonds. The van der Waals surface area contributed by atoms with E-state index in [1.165, 1.54) is 24.0 Å². The quantitative estimate of drug-likeness (QED) is 0.864. The number of hydrogen-bond acceptors (Lipinski definition) is 3. The van der Waals surface area contributed by atoms with Gasteiger partial charge in [-0.2, -0.15) is 0 Å². The van der Waals surface area contributed by atoms with E-state index in [2.05, 4.69) is 30.4 Å². The van der Waals surface area contributed by atoms with Crippen LogP contribution in [0, 0.1) is 0 Å². The van der Waals surface area contributed by atoms with Gasteiger partial charge in [-0.3, -0.25) is 0 Å². The number of benzene rings is 1. The lowest BCUT2D eigenvalue weighted by molar-refractivity contribution is 0.0996. The fraction of sp³-hybridized carbons (Fsp3) is 0.647. The Balaban J connectivity index is 1.65. The lowest BCUT2D eigenvalue weighted by atomic mass is 9.97. The van der Waals surface area contributed by atoms with Gasteiger partial charge < -0.3 is 14.8 Å². The van der Waals surface area contributed by atoms with E-state index < -0.39 is 0 Å². The second-order valence-corrected chi connectivity index (χ2v) is 5.79. The van der Waals surface area contributed by atoms with Gasteiger partial charge in [0, 0.05) is 19.1 Å². The summed E-state index contributed by atoms with van der Waals surface area (Å²) in [6.45, 7) is 4.96. The Hall–Kier alpha value is -1.06. The standard InChI is InChI=1S/C17H25NO2/c1-2-18-16(7-6-15-4-3-10-19-15)13-5-8-17-14(12-13)9-11-20-17/h5,8,12,15-16,18H,2-4,6-7,9-11H2,1H3. The van der Waals surface area contributed by atoms with Gasteiger partial charge in [0.05, 0.1) is 12.7 Å². The molecule has 0 bridgehead atoms. The van der Waals surface area contributed by atoms with Gasteiger partial charge in [-0.1, -0.05) is 19.1 Å². The van der Waals surface area contributed by atoms with Crippen molar-refractivity contribution in [2.75, 3.05) is 19.8 Å². The third-order valence-electron chi connectivity index (χ3n) is 4.37. The first-order chi connectivity index (χ1) is 9.86. The number of fused-ring (bicyclic) bond motifs is 1. The van der Waals surface area contributed by atoms with E-state index in [0.29, 0.717) is 12.1 Å². The van der Waals surface area contributed by atoms with E-state index in [-0.39, 0.29) is 0 Å². The molecule has 2 aliphatic heterocycles. The fourth-order valence-corrected chi connectivity index (χ4v) is 3.28. The minimum atomic E-state index is 0.440. The zero-order valence-corrected chi connectivity index (χ0v) is 12.4. The average molecular weight is 275 g/mol. The summed E-state index contributed by atoms with van der Waals surface area (Å²) in [5.41, 5.74) is 2.76. The lowest BCUT2D eigenvalue weighted by Crippen LogP contribution is -2.22. The van der Waals surface area contributed by atoms with Crippen molar-refractivity contribution in [2.24, 2.45) is 0 Å². The number of ether oxygens (including phenoxy) is 2. The summed E-state index contributed by atoms with van der Waals surface area (Å²) < 4.78 is 11.3. The van der Waals surface area contributed by atoms with E-state index in [1.54, 1.807) is 0 Å². The Labute approximate surface area is 121 Å². The molecule has 1 aromatic carbocycles. The van der Waals surface area contributed by atoms with Crippen molar-refractivity contribution in [3.05, 3.63) is 29.3 Å². The van der Waals surface area contributed by atoms with Crippen LogP contribution in [0.5, 0.6) is 5.75 Å². The summed E-state index contributed by atoms with van der Waals surface area (Å²) in [7, 11) is 0. The second-order valence-electron chi connectivity index (χ2n) is 5.79. The largest absolute Gasteiger partial charge is 0.493 e. The Morgan fingerprint density at radius 2 is 2.30 bits per heavy atom. The zero-order valence-electron chi connectivity index (χ0n) is 12.4. The molecule has 2 heterocycles. The molecule has 0 saturated carbocycles. The molecule has 3 rings (SSSR count). The van der Waals surface area contributed by atoms with Crippen LogP contribution in [0.25, 0.3) is 0 Å². The molecular weight excluding hydrogens is 250 g/mol. The van der Waals surface area contributed by atoms with Crippen LogP contribution < -0.4 is 10.1 Å². The van der Waals surface area contributed by atoms with Gasteiger partial charge in [-0.05, 0) is 49.4 Å². The Kier molecular flexibility index (Phi) is 4.58. The van der Waals surface area contributed by atoms with Gasteiger partial charge in [-0.25, -0.2) is 0 Å². The molecule has 2 atom stereocenters. The second kappa shape index (κ2) is 6.59. The molecule has 1 aromatic rings. The van der Waals surface area contributed by atoms with Crippen LogP contribution in [-0.2, 0) is 11.2 Å². The third kappa shape index (κ3) is 3.15. The SMILES string of the molecule is CCNC(CCC1CCCO1)c1ccc2c(c1)CCO2. The fourth-order valence-electron chi connectivity index (χ4n) is 3.28. The average Bonchev–Trinajstić information content (AvgIpc) is 3.13. The summed E-state index contributed by atoms with van der Waals surface area (Å²) in [6.07, 6.45) is 6.30. The van der Waals surface area contributed by atoms with Crippen molar-refractivity contribution < 1.29 is 9.47 Å². The highest BCUT2D eigenvalue weighted by molar-refractivity contribution is 5.40. The van der Waals surface area contributed by atoms with Crippen molar-refractivity contribution in [1.29, 1.82) is 0 Å². The molecule has 3 nitrogen and oxygen atoms in total. The number of rotatable bonds is 6. The molecule has 20 heavy (non-hydrogen) atoms. The Morgan fingerprint density at radius 1 is 1.35 bits per heavy atom. The van der Waals surface area contributed by atoms with Crippen LogP contribution in [0.2, 0.25) is 0 Å². The maximum absolute atomic E-state index is 5.74. The highest BCUT2D eigenvalue weighted by Gasteiger charge is 2.20.